The SMILES string of the molecule is CC(=O)NC(CSc1cccc([N+](=O)[O-])c1)C(=O)NCCO. The van der Waals surface area contributed by atoms with Gasteiger partial charge in [-0.2, -0.15) is 0 Å². The number of nitrogens with zero attached hydrogens (tertiary/aromatic N) is 1. The van der Waals surface area contributed by atoms with Crippen LogP contribution in [-0.2, 0) is 9.59 Å². The number of amides is 2. The molecule has 0 aliphatic rings. The summed E-state index contributed by atoms with van der Waals surface area (Å²) in [6.45, 7) is 1.19. The van der Waals surface area contributed by atoms with Gasteiger partial charge < -0.3 is 15.7 Å². The van der Waals surface area contributed by atoms with Gasteiger partial charge in [0.2, 0.25) is 11.8 Å². The molecule has 0 heterocycles. The van der Waals surface area contributed by atoms with Crippen LogP contribution < -0.4 is 10.6 Å². The third kappa shape index (κ3) is 6.10. The summed E-state index contributed by atoms with van der Waals surface area (Å²) in [4.78, 5) is 33.9. The summed E-state index contributed by atoms with van der Waals surface area (Å²) in [6, 6.07) is 5.24. The summed E-state index contributed by atoms with van der Waals surface area (Å²) in [6.07, 6.45) is 0. The normalized spacial score (nSPS) is 11.5. The zero-order valence-corrected chi connectivity index (χ0v) is 12.8. The van der Waals surface area contributed by atoms with Gasteiger partial charge in [-0.05, 0) is 6.07 Å². The van der Waals surface area contributed by atoms with E-state index < -0.39 is 16.9 Å². The highest BCUT2D eigenvalue weighted by atomic mass is 32.2. The Morgan fingerprint density at radius 3 is 2.77 bits per heavy atom. The summed E-state index contributed by atoms with van der Waals surface area (Å²) in [7, 11) is 0. The van der Waals surface area contributed by atoms with Crippen LogP contribution >= 0.6 is 11.8 Å². The molecule has 3 N–H and O–H groups in total. The van der Waals surface area contributed by atoms with E-state index in [-0.39, 0.29) is 30.5 Å². The molecule has 120 valence electrons. The Morgan fingerprint density at radius 1 is 1.45 bits per heavy atom. The molecule has 8 nitrogen and oxygen atoms in total. The second kappa shape index (κ2) is 9.00. The fourth-order valence-electron chi connectivity index (χ4n) is 1.60. The first kappa shape index (κ1) is 17.9. The van der Waals surface area contributed by atoms with Gasteiger partial charge >= 0.3 is 0 Å². The minimum absolute atomic E-state index is 0.0363. The summed E-state index contributed by atoms with van der Waals surface area (Å²) >= 11 is 1.22. The lowest BCUT2D eigenvalue weighted by Gasteiger charge is -2.17. The van der Waals surface area contributed by atoms with Crippen LogP contribution in [0.1, 0.15) is 6.92 Å². The van der Waals surface area contributed by atoms with E-state index in [0.29, 0.717) is 4.90 Å². The van der Waals surface area contributed by atoms with Crippen LogP contribution in [-0.4, -0.2) is 46.8 Å². The zero-order valence-electron chi connectivity index (χ0n) is 11.9. The van der Waals surface area contributed by atoms with Crippen LogP contribution in [0.3, 0.4) is 0 Å². The van der Waals surface area contributed by atoms with Gasteiger partial charge in [-0.25, -0.2) is 0 Å². The van der Waals surface area contributed by atoms with Crippen LogP contribution in [0.5, 0.6) is 0 Å². The minimum Gasteiger partial charge on any atom is -0.395 e. The summed E-state index contributed by atoms with van der Waals surface area (Å²) in [5.41, 5.74) is -0.0363. The number of hydrogen-bond acceptors (Lipinski definition) is 6. The van der Waals surface area contributed by atoms with Crippen LogP contribution in [0, 0.1) is 10.1 Å². The van der Waals surface area contributed by atoms with E-state index in [1.807, 2.05) is 0 Å². The van der Waals surface area contributed by atoms with Gasteiger partial charge in [0, 0.05) is 36.2 Å². The van der Waals surface area contributed by atoms with Gasteiger partial charge in [-0.15, -0.1) is 11.8 Å². The van der Waals surface area contributed by atoms with Gasteiger partial charge in [0.15, 0.2) is 0 Å². The molecule has 1 rings (SSSR count). The fraction of sp³-hybridized carbons (Fsp3) is 0.385. The lowest BCUT2D eigenvalue weighted by molar-refractivity contribution is -0.385. The highest BCUT2D eigenvalue weighted by Crippen LogP contribution is 2.23. The molecule has 1 aromatic rings. The molecule has 0 aliphatic carbocycles. The molecule has 0 spiro atoms. The summed E-state index contributed by atoms with van der Waals surface area (Å²) < 4.78 is 0. The number of carbonyl (C=O) groups is 2. The fourth-order valence-corrected chi connectivity index (χ4v) is 2.57. The Morgan fingerprint density at radius 2 is 2.18 bits per heavy atom. The highest BCUT2D eigenvalue weighted by molar-refractivity contribution is 7.99. The smallest absolute Gasteiger partial charge is 0.270 e. The van der Waals surface area contributed by atoms with E-state index in [9.17, 15) is 19.7 Å². The van der Waals surface area contributed by atoms with Crippen molar-refractivity contribution in [2.24, 2.45) is 0 Å². The van der Waals surface area contributed by atoms with Crippen molar-refractivity contribution in [3.8, 4) is 0 Å². The lowest BCUT2D eigenvalue weighted by atomic mass is 10.3. The van der Waals surface area contributed by atoms with Gasteiger partial charge in [0.1, 0.15) is 6.04 Å². The van der Waals surface area contributed by atoms with Crippen LogP contribution in [0.4, 0.5) is 5.69 Å². The third-order valence-corrected chi connectivity index (χ3v) is 3.64. The number of non-ortho nitro benzene ring substituents is 1. The van der Waals surface area contributed by atoms with Crippen molar-refractivity contribution < 1.29 is 19.6 Å². The van der Waals surface area contributed by atoms with Gasteiger partial charge in [-0.1, -0.05) is 6.07 Å². The average Bonchev–Trinajstić information content (AvgIpc) is 2.48. The first-order valence-electron chi connectivity index (χ1n) is 6.47. The van der Waals surface area contributed by atoms with Crippen molar-refractivity contribution in [2.75, 3.05) is 18.9 Å². The van der Waals surface area contributed by atoms with E-state index in [1.54, 1.807) is 12.1 Å². The maximum Gasteiger partial charge on any atom is 0.270 e. The molecule has 0 bridgehead atoms. The van der Waals surface area contributed by atoms with Crippen LogP contribution in [0.2, 0.25) is 0 Å². The molecule has 9 heteroatoms. The lowest BCUT2D eigenvalue weighted by Crippen LogP contribution is -2.48. The highest BCUT2D eigenvalue weighted by Gasteiger charge is 2.19. The molecule has 0 saturated carbocycles. The molecular weight excluding hydrogens is 310 g/mol. The Balaban J connectivity index is 2.69. The van der Waals surface area contributed by atoms with E-state index in [2.05, 4.69) is 10.6 Å². The van der Waals surface area contributed by atoms with Gasteiger partial charge in [-0.3, -0.25) is 19.7 Å². The molecule has 1 aromatic carbocycles. The monoisotopic (exact) mass is 327 g/mol. The molecule has 1 unspecified atom stereocenters. The molecule has 1 atom stereocenters. The van der Waals surface area contributed by atoms with E-state index in [4.69, 9.17) is 5.11 Å². The van der Waals surface area contributed by atoms with Gasteiger partial charge in [0.25, 0.3) is 5.69 Å². The largest absolute Gasteiger partial charge is 0.395 e. The second-order valence-corrected chi connectivity index (χ2v) is 5.43. The molecule has 0 fully saturated rings. The molecule has 0 radical (unpaired) electrons. The number of nitrogens with one attached hydrogen (secondary N) is 2. The summed E-state index contributed by atoms with van der Waals surface area (Å²) in [5.74, 6) is -0.552. The number of thioether (sulfide) groups is 1. The zero-order chi connectivity index (χ0) is 16.5. The number of aliphatic hydroxyl groups is 1. The van der Waals surface area contributed by atoms with Crippen molar-refractivity contribution >= 4 is 29.3 Å². The Kier molecular flexibility index (Phi) is 7.33. The van der Waals surface area contributed by atoms with Crippen molar-refractivity contribution in [3.05, 3.63) is 34.4 Å². The quantitative estimate of drug-likeness (QED) is 0.359. The Labute approximate surface area is 131 Å². The number of aliphatic hydroxyl groups excluding tert-OH is 1. The molecule has 0 aromatic heterocycles. The predicted octanol–water partition coefficient (Wildman–Crippen LogP) is 0.300. The van der Waals surface area contributed by atoms with E-state index >= 15 is 0 Å². The van der Waals surface area contributed by atoms with E-state index in [1.165, 1.54) is 30.8 Å². The number of benzene rings is 1. The molecule has 0 saturated heterocycles. The molecule has 0 aliphatic heterocycles. The van der Waals surface area contributed by atoms with E-state index in [0.717, 1.165) is 0 Å². The maximum atomic E-state index is 11.9. The van der Waals surface area contributed by atoms with Gasteiger partial charge in [0.05, 0.1) is 11.5 Å². The standard InChI is InChI=1S/C13H17N3O5S/c1-9(18)15-12(13(19)14-5-6-17)8-22-11-4-2-3-10(7-11)16(20)21/h2-4,7,12,17H,5-6,8H2,1H3,(H,14,19)(H,15,18). The molecule has 22 heavy (non-hydrogen) atoms. The minimum atomic E-state index is -0.784. The summed E-state index contributed by atoms with van der Waals surface area (Å²) in [5, 5.41) is 24.4. The number of nitro benzene ring substituents is 1. The number of rotatable bonds is 8. The van der Waals surface area contributed by atoms with Crippen molar-refractivity contribution in [1.29, 1.82) is 0 Å². The Hall–Kier alpha value is -2.13. The third-order valence-electron chi connectivity index (χ3n) is 2.55. The predicted molar refractivity (Wildman–Crippen MR) is 81.5 cm³/mol. The van der Waals surface area contributed by atoms with Crippen molar-refractivity contribution in [1.82, 2.24) is 10.6 Å². The van der Waals surface area contributed by atoms with Crippen LogP contribution in [0.25, 0.3) is 0 Å². The number of hydrogen-bond donors (Lipinski definition) is 3. The number of carbonyl (C=O) groups excluding carboxylic acids is 2. The molecule has 2 amide bonds. The molecular formula is C13H17N3O5S. The first-order valence-corrected chi connectivity index (χ1v) is 7.45. The van der Waals surface area contributed by atoms with Crippen LogP contribution in [0.15, 0.2) is 29.2 Å². The second-order valence-electron chi connectivity index (χ2n) is 4.33. The Bertz CT molecular complexity index is 552. The van der Waals surface area contributed by atoms with Crippen molar-refractivity contribution in [3.63, 3.8) is 0 Å². The topological polar surface area (TPSA) is 122 Å². The first-order chi connectivity index (χ1) is 10.4. The average molecular weight is 327 g/mol. The van der Waals surface area contributed by atoms with Crippen molar-refractivity contribution in [2.45, 2.75) is 17.9 Å². The number of nitro groups is 1. The maximum absolute atomic E-state index is 11.9.